The number of rotatable bonds is 8. The van der Waals surface area contributed by atoms with E-state index in [-0.39, 0.29) is 23.2 Å². The van der Waals surface area contributed by atoms with Crippen LogP contribution < -0.4 is 10.6 Å². The van der Waals surface area contributed by atoms with Crippen molar-refractivity contribution in [2.45, 2.75) is 37.8 Å². The van der Waals surface area contributed by atoms with E-state index < -0.39 is 35.8 Å². The van der Waals surface area contributed by atoms with Crippen molar-refractivity contribution in [1.82, 2.24) is 24.8 Å². The number of nitrogens with zero attached hydrogens (tertiary/aromatic N) is 5. The van der Waals surface area contributed by atoms with Crippen molar-refractivity contribution in [3.8, 4) is 22.8 Å². The van der Waals surface area contributed by atoms with Gasteiger partial charge in [0, 0.05) is 35.6 Å². The monoisotopic (exact) mass is 691 g/mol. The molecule has 3 aromatic heterocycles. The average Bonchev–Trinajstić information content (AvgIpc) is 3.94. The molecule has 2 unspecified atom stereocenters. The fourth-order valence-corrected chi connectivity index (χ4v) is 6.32. The van der Waals surface area contributed by atoms with Gasteiger partial charge in [-0.3, -0.25) is 19.2 Å². The van der Waals surface area contributed by atoms with Gasteiger partial charge in [0.25, 0.3) is 11.8 Å². The Balaban J connectivity index is 0.951. The van der Waals surface area contributed by atoms with Crippen molar-refractivity contribution < 1.29 is 32.4 Å². The van der Waals surface area contributed by atoms with Crippen molar-refractivity contribution in [2.24, 2.45) is 0 Å². The normalized spacial score (nSPS) is 17.0. The second-order valence-corrected chi connectivity index (χ2v) is 12.2. The van der Waals surface area contributed by atoms with E-state index in [0.717, 1.165) is 17.7 Å². The van der Waals surface area contributed by atoms with Gasteiger partial charge in [-0.25, -0.2) is 15.0 Å². The third-order valence-electron chi connectivity index (χ3n) is 8.84. The Morgan fingerprint density at radius 1 is 0.647 bits per heavy atom. The molecule has 5 heterocycles. The fourth-order valence-electron chi connectivity index (χ4n) is 6.32. The van der Waals surface area contributed by atoms with Gasteiger partial charge in [0.05, 0.1) is 6.20 Å². The van der Waals surface area contributed by atoms with Gasteiger partial charge in [0.1, 0.15) is 23.5 Å². The predicted molar refractivity (Wildman–Crippen MR) is 181 cm³/mol. The molecule has 0 saturated carbocycles. The third-order valence-corrected chi connectivity index (χ3v) is 8.84. The number of oxazole rings is 1. The molecule has 51 heavy (non-hydrogen) atoms. The third kappa shape index (κ3) is 7.20. The number of likely N-dealkylation sites (tertiary alicyclic amines) is 2. The molecule has 0 radical (unpaired) electrons. The molecule has 2 atom stereocenters. The van der Waals surface area contributed by atoms with E-state index in [1.54, 1.807) is 54.7 Å². The Bertz CT molecular complexity index is 1960. The Morgan fingerprint density at radius 3 is 1.59 bits per heavy atom. The minimum atomic E-state index is -0.760. The summed E-state index contributed by atoms with van der Waals surface area (Å²) in [5, 5.41) is 5.71. The lowest BCUT2D eigenvalue weighted by Crippen LogP contribution is -2.43. The smallest absolute Gasteiger partial charge is 0.273 e. The van der Waals surface area contributed by atoms with Gasteiger partial charge in [-0.05, 0) is 98.5 Å². The molecule has 0 bridgehead atoms. The number of pyridine rings is 2. The summed E-state index contributed by atoms with van der Waals surface area (Å²) in [6, 6.07) is 20.5. The second-order valence-electron chi connectivity index (χ2n) is 12.2. The molecule has 2 fully saturated rings. The Hall–Kier alpha value is -6.31. The van der Waals surface area contributed by atoms with Crippen molar-refractivity contribution in [1.29, 1.82) is 0 Å². The number of hydrogen-bond donors (Lipinski definition) is 2. The van der Waals surface area contributed by atoms with Gasteiger partial charge in [0.2, 0.25) is 29.6 Å². The van der Waals surface area contributed by atoms with E-state index in [1.165, 1.54) is 34.1 Å². The molecule has 2 aliphatic rings. The van der Waals surface area contributed by atoms with E-state index in [9.17, 15) is 28.0 Å². The fraction of sp³-hybridized carbons (Fsp3) is 0.216. The van der Waals surface area contributed by atoms with Crippen LogP contribution in [-0.2, 0) is 9.59 Å². The lowest BCUT2D eigenvalue weighted by Gasteiger charge is -2.23. The van der Waals surface area contributed by atoms with E-state index in [0.29, 0.717) is 67.4 Å². The van der Waals surface area contributed by atoms with Crippen LogP contribution in [0.3, 0.4) is 0 Å². The molecule has 2 aliphatic heterocycles. The van der Waals surface area contributed by atoms with Crippen molar-refractivity contribution >= 4 is 35.0 Å². The summed E-state index contributed by atoms with van der Waals surface area (Å²) in [7, 11) is 0. The van der Waals surface area contributed by atoms with Crippen molar-refractivity contribution in [3.05, 3.63) is 114 Å². The summed E-state index contributed by atoms with van der Waals surface area (Å²) in [5.41, 5.74) is 2.34. The van der Waals surface area contributed by atoms with Gasteiger partial charge in [-0.1, -0.05) is 12.1 Å². The molecule has 0 spiro atoms. The maximum atomic E-state index is 13.6. The highest BCUT2D eigenvalue weighted by Crippen LogP contribution is 2.29. The minimum absolute atomic E-state index is 0.0453. The van der Waals surface area contributed by atoms with E-state index in [1.807, 2.05) is 0 Å². The molecule has 5 aromatic rings. The molecule has 12 nitrogen and oxygen atoms in total. The van der Waals surface area contributed by atoms with Crippen LogP contribution >= 0.6 is 0 Å². The summed E-state index contributed by atoms with van der Waals surface area (Å²) in [6.45, 7) is 0.745. The SMILES string of the molecule is O=C(Nc1ccc(-c2cnc(-c3ccc(NC(=O)C4CCCN4C(=O)c4cccc(F)n4)cc3)o2)cc1)C1CCCN1C(=O)c1cccc(F)n1. The number of carbonyl (C=O) groups is 4. The van der Waals surface area contributed by atoms with Crippen molar-refractivity contribution in [3.63, 3.8) is 0 Å². The number of nitrogens with one attached hydrogen (secondary N) is 2. The van der Waals surface area contributed by atoms with Gasteiger partial charge < -0.3 is 24.9 Å². The van der Waals surface area contributed by atoms with Gasteiger partial charge >= 0.3 is 0 Å². The molecule has 0 aliphatic carbocycles. The largest absolute Gasteiger partial charge is 0.436 e. The number of carbonyl (C=O) groups excluding carboxylic acids is 4. The Morgan fingerprint density at radius 2 is 1.12 bits per heavy atom. The highest BCUT2D eigenvalue weighted by molar-refractivity contribution is 6.02. The summed E-state index contributed by atoms with van der Waals surface area (Å²) in [5.74, 6) is -2.35. The molecule has 14 heteroatoms. The minimum Gasteiger partial charge on any atom is -0.436 e. The van der Waals surface area contributed by atoms with E-state index >= 15 is 0 Å². The first-order chi connectivity index (χ1) is 24.7. The van der Waals surface area contributed by atoms with Crippen LogP contribution in [0, 0.1) is 11.9 Å². The quantitative estimate of drug-likeness (QED) is 0.201. The summed E-state index contributed by atoms with van der Waals surface area (Å²) in [4.78, 5) is 66.6. The predicted octanol–water partition coefficient (Wildman–Crippen LogP) is 5.56. The van der Waals surface area contributed by atoms with E-state index in [2.05, 4.69) is 25.6 Å². The number of amides is 4. The molecule has 2 aromatic carbocycles. The molecule has 4 amide bonds. The number of anilines is 2. The number of aromatic nitrogens is 3. The number of benzene rings is 2. The lowest BCUT2D eigenvalue weighted by molar-refractivity contribution is -0.120. The molecular weight excluding hydrogens is 660 g/mol. The van der Waals surface area contributed by atoms with Crippen LogP contribution in [0.25, 0.3) is 22.8 Å². The zero-order valence-electron chi connectivity index (χ0n) is 27.1. The maximum Gasteiger partial charge on any atom is 0.273 e. The van der Waals surface area contributed by atoms with Crippen LogP contribution in [0.5, 0.6) is 0 Å². The van der Waals surface area contributed by atoms with Gasteiger partial charge in [-0.2, -0.15) is 8.78 Å². The first kappa shape index (κ1) is 33.2. The molecule has 2 N–H and O–H groups in total. The summed E-state index contributed by atoms with van der Waals surface area (Å²) >= 11 is 0. The highest BCUT2D eigenvalue weighted by Gasteiger charge is 2.36. The van der Waals surface area contributed by atoms with Gasteiger partial charge in [-0.15, -0.1) is 0 Å². The highest BCUT2D eigenvalue weighted by atomic mass is 19.1. The van der Waals surface area contributed by atoms with Crippen LogP contribution in [0.2, 0.25) is 0 Å². The van der Waals surface area contributed by atoms with Crippen LogP contribution in [0.1, 0.15) is 46.7 Å². The lowest BCUT2D eigenvalue weighted by atomic mass is 10.1. The zero-order valence-corrected chi connectivity index (χ0v) is 27.1. The van der Waals surface area contributed by atoms with Gasteiger partial charge in [0.15, 0.2) is 5.76 Å². The second kappa shape index (κ2) is 14.3. The summed E-state index contributed by atoms with van der Waals surface area (Å²) in [6.07, 6.45) is 3.83. The first-order valence-electron chi connectivity index (χ1n) is 16.4. The van der Waals surface area contributed by atoms with Crippen LogP contribution in [-0.4, -0.2) is 73.6 Å². The molecule has 258 valence electrons. The molecular formula is C37H31F2N7O5. The Kier molecular flexibility index (Phi) is 9.29. The van der Waals surface area contributed by atoms with Crippen molar-refractivity contribution in [2.75, 3.05) is 23.7 Å². The van der Waals surface area contributed by atoms with Crippen LogP contribution in [0.15, 0.2) is 95.5 Å². The molecule has 7 rings (SSSR count). The first-order valence-corrected chi connectivity index (χ1v) is 16.4. The maximum absolute atomic E-state index is 13.6. The zero-order chi connectivity index (χ0) is 35.5. The number of hydrogen-bond acceptors (Lipinski definition) is 8. The van der Waals surface area contributed by atoms with Crippen LogP contribution in [0.4, 0.5) is 20.2 Å². The molecule has 2 saturated heterocycles. The van der Waals surface area contributed by atoms with E-state index in [4.69, 9.17) is 4.42 Å². The summed E-state index contributed by atoms with van der Waals surface area (Å²) < 4.78 is 33.1. The average molecular weight is 692 g/mol. The standard InChI is InChI=1S/C37H31F2N7O5/c38-31-9-1-5-26(43-31)36(49)45-19-3-7-28(45)33(47)41-24-15-11-22(12-16-24)30-21-40-35(51-30)23-13-17-25(18-14-23)42-34(48)29-8-4-20-46(29)37(50)27-6-2-10-32(39)44-27/h1-2,5-6,9-18,21,28-29H,3-4,7-8,19-20H2,(H,41,47)(H,42,48). The number of halogens is 2. The topological polar surface area (TPSA) is 151 Å². The Labute approximate surface area is 290 Å².